The van der Waals surface area contributed by atoms with Gasteiger partial charge in [0.1, 0.15) is 6.33 Å². The summed E-state index contributed by atoms with van der Waals surface area (Å²) < 4.78 is 5.01. The molecular weight excluding hydrogens is 1310 g/mol. The summed E-state index contributed by atoms with van der Waals surface area (Å²) in [4.78, 5) is 23.3. The van der Waals surface area contributed by atoms with Gasteiger partial charge in [-0.05, 0) is 167 Å². The lowest BCUT2D eigenvalue weighted by molar-refractivity contribution is 0.109. The van der Waals surface area contributed by atoms with E-state index in [0.29, 0.717) is 0 Å². The summed E-state index contributed by atoms with van der Waals surface area (Å²) in [6, 6.07) is 11.1. The van der Waals surface area contributed by atoms with Crippen molar-refractivity contribution in [3.63, 3.8) is 0 Å². The molecule has 11 heterocycles. The zero-order valence-electron chi connectivity index (χ0n) is 80.6. The predicted molar refractivity (Wildman–Crippen MR) is 500 cm³/mol. The maximum Gasteiger partial charge on any atom is 0.115 e. The average molecular weight is 1520 g/mol. The summed E-state index contributed by atoms with van der Waals surface area (Å²) in [5.41, 5.74) is 0. The first kappa shape index (κ1) is 154. The number of rotatable bonds is 0. The first-order valence-electron chi connectivity index (χ1n) is 44.3. The summed E-state index contributed by atoms with van der Waals surface area (Å²) in [6.45, 7) is 98.8. The fourth-order valence-electron chi connectivity index (χ4n) is 5.75. The number of hydrogen-bond donors (Lipinski definition) is 6. The van der Waals surface area contributed by atoms with Crippen LogP contribution in [0.25, 0.3) is 0 Å². The first-order chi connectivity index (χ1) is 52.8. The highest BCUT2D eigenvalue weighted by Gasteiger charge is 2.08. The van der Waals surface area contributed by atoms with Crippen LogP contribution in [0.4, 0.5) is 0 Å². The highest BCUT2D eigenvalue weighted by Crippen LogP contribution is 1.97. The van der Waals surface area contributed by atoms with Crippen LogP contribution in [0, 0.1) is 0 Å². The minimum absolute atomic E-state index is 0.889. The van der Waals surface area contributed by atoms with Crippen molar-refractivity contribution in [2.24, 2.45) is 0 Å². The molecule has 11 rings (SSSR count). The Bertz CT molecular complexity index is 1120. The molecule has 0 bridgehead atoms. The maximum atomic E-state index is 5.01. The molecular formula is C90H207N15O. The Labute approximate surface area is 673 Å². The SMILES string of the molecule is C1=CNC=CC1.C1CCNC1.C1CCNC1.C1CCNCC1.C1CCNCC1.C1COCCN1.CC.CC.CC.CC.CC.CC.CC.CC.CC.CC.CC.CC.CC.CC.CC.CC.CC.CC.CC.CC.CN1CCN(C)CC1.c1ccncc1.c1ccnnc1.c1cnccn1.c1cncnc1. The zero-order valence-corrected chi connectivity index (χ0v) is 80.6. The molecule has 0 radical (unpaired) electrons. The second kappa shape index (κ2) is 247. The molecule has 0 atom stereocenters. The molecule has 0 aliphatic carbocycles. The smallest absolute Gasteiger partial charge is 0.115 e. The van der Waals surface area contributed by atoms with Crippen LogP contribution in [0.5, 0.6) is 0 Å². The third-order valence-corrected chi connectivity index (χ3v) is 9.61. The number of nitrogens with one attached hydrogen (secondary N) is 6. The number of dihydropyridines is 1. The van der Waals surface area contributed by atoms with Crippen molar-refractivity contribution in [3.8, 4) is 0 Å². The Kier molecular flexibility index (Phi) is 359. The maximum absolute atomic E-state index is 5.01. The Balaban J connectivity index is -0.0000000408. The molecule has 648 valence electrons. The Morgan fingerprint density at radius 1 is 0.236 bits per heavy atom. The van der Waals surface area contributed by atoms with Crippen molar-refractivity contribution in [2.45, 2.75) is 348 Å². The lowest BCUT2D eigenvalue weighted by atomic mass is 10.2. The number of piperidine rings is 2. The van der Waals surface area contributed by atoms with Crippen LogP contribution < -0.4 is 31.9 Å². The van der Waals surface area contributed by atoms with Crippen LogP contribution in [-0.4, -0.2) is 164 Å². The van der Waals surface area contributed by atoms with Crippen LogP contribution >= 0.6 is 0 Å². The monoisotopic (exact) mass is 1510 g/mol. The van der Waals surface area contributed by atoms with E-state index in [9.17, 15) is 0 Å². The second-order valence-electron chi connectivity index (χ2n) is 15.4. The van der Waals surface area contributed by atoms with Gasteiger partial charge < -0.3 is 46.4 Å². The first-order valence-corrected chi connectivity index (χ1v) is 44.3. The molecule has 4 aromatic heterocycles. The lowest BCUT2D eigenvalue weighted by Gasteiger charge is -2.28. The number of ether oxygens (including phenoxy) is 1. The number of hydrogen-bond acceptors (Lipinski definition) is 16. The molecule has 4 aromatic rings. The van der Waals surface area contributed by atoms with E-state index in [1.165, 1.54) is 149 Å². The van der Waals surface area contributed by atoms with Crippen LogP contribution in [0.3, 0.4) is 0 Å². The second-order valence-corrected chi connectivity index (χ2v) is 15.4. The molecule has 0 saturated carbocycles. The third-order valence-electron chi connectivity index (χ3n) is 9.61. The molecule has 0 spiro atoms. The van der Waals surface area contributed by atoms with E-state index in [-0.39, 0.29) is 0 Å². The number of likely N-dealkylation sites (N-methyl/N-ethyl adjacent to an activating group) is 2. The molecule has 7 aliphatic heterocycles. The van der Waals surface area contributed by atoms with Crippen molar-refractivity contribution in [1.82, 2.24) is 76.8 Å². The number of piperazine rings is 1. The molecule has 7 aliphatic rings. The highest BCUT2D eigenvalue weighted by atomic mass is 16.5. The fraction of sp³-hybridized carbons (Fsp3) is 0.767. The van der Waals surface area contributed by atoms with Crippen molar-refractivity contribution in [1.29, 1.82) is 0 Å². The number of pyridine rings is 1. The van der Waals surface area contributed by atoms with Gasteiger partial charge in [0, 0.05) is 101 Å². The number of aromatic nitrogens is 7. The molecule has 6 saturated heterocycles. The van der Waals surface area contributed by atoms with E-state index in [1.54, 1.807) is 68.0 Å². The van der Waals surface area contributed by atoms with Crippen LogP contribution in [-0.2, 0) is 4.74 Å². The quantitative estimate of drug-likeness (QED) is 0.0979. The number of nitrogens with zero attached hydrogens (tertiary/aromatic N) is 9. The van der Waals surface area contributed by atoms with E-state index in [1.807, 2.05) is 320 Å². The van der Waals surface area contributed by atoms with Crippen molar-refractivity contribution >= 4 is 0 Å². The zero-order chi connectivity index (χ0) is 87.0. The minimum atomic E-state index is 0.889. The third kappa shape index (κ3) is 239. The normalized spacial score (nSPS) is 12.2. The van der Waals surface area contributed by atoms with Gasteiger partial charge in [0.15, 0.2) is 0 Å². The van der Waals surface area contributed by atoms with Gasteiger partial charge in [0.25, 0.3) is 0 Å². The molecule has 6 fully saturated rings. The van der Waals surface area contributed by atoms with Crippen LogP contribution in [0.2, 0.25) is 0 Å². The Morgan fingerprint density at radius 2 is 0.453 bits per heavy atom. The highest BCUT2D eigenvalue weighted by molar-refractivity contribution is 4.99. The van der Waals surface area contributed by atoms with E-state index >= 15 is 0 Å². The standard InChI is InChI=1S/C6H14N2.2C5H11N.C5H7N.C5H5N.3C4H4N2.C4H9NO.2C4H9N.20C2H6/c1-7-3-5-8(2)6-4-7;4*1-2-4-6-5-3-1;1-2-6-4-3-5-1;1-2-5-4-6-3-1;1-2-4-6-5-3-1;1-3-6-4-2-5-1;2*1-2-4-5-3-1;20*1-2/h3-6H2,1-2H3;2*6H,1-5H2;2-6H,1H2;1-5H;3*1-4H;5H,1-4H2;2*5H,1-4H2;20*1-2H3. The molecule has 0 unspecified atom stereocenters. The summed E-state index contributed by atoms with van der Waals surface area (Å²) in [5, 5.41) is 26.2. The lowest BCUT2D eigenvalue weighted by Crippen LogP contribution is -2.42. The van der Waals surface area contributed by atoms with Gasteiger partial charge >= 0.3 is 0 Å². The summed E-state index contributed by atoms with van der Waals surface area (Å²) in [5.74, 6) is 0. The van der Waals surface area contributed by atoms with E-state index in [2.05, 4.69) is 103 Å². The summed E-state index contributed by atoms with van der Waals surface area (Å²) in [6.07, 6.45) is 41.3. The van der Waals surface area contributed by atoms with Gasteiger partial charge in [-0.3, -0.25) is 15.0 Å². The van der Waals surface area contributed by atoms with Gasteiger partial charge in [0.05, 0.1) is 13.2 Å². The molecule has 0 amide bonds. The van der Waals surface area contributed by atoms with Gasteiger partial charge in [0.2, 0.25) is 0 Å². The number of morpholine rings is 1. The van der Waals surface area contributed by atoms with E-state index in [4.69, 9.17) is 4.74 Å². The Hall–Kier alpha value is -4.65. The van der Waals surface area contributed by atoms with Gasteiger partial charge in [-0.2, -0.15) is 10.2 Å². The van der Waals surface area contributed by atoms with Crippen LogP contribution in [0.15, 0.2) is 129 Å². The van der Waals surface area contributed by atoms with Crippen molar-refractivity contribution in [2.75, 3.05) is 119 Å². The van der Waals surface area contributed by atoms with Crippen molar-refractivity contribution < 1.29 is 4.74 Å². The fourth-order valence-corrected chi connectivity index (χ4v) is 5.75. The van der Waals surface area contributed by atoms with Crippen LogP contribution in [0.1, 0.15) is 348 Å². The molecule has 0 aromatic carbocycles. The minimum Gasteiger partial charge on any atom is -0.379 e. The molecule has 106 heavy (non-hydrogen) atoms. The van der Waals surface area contributed by atoms with Gasteiger partial charge in [-0.15, -0.1) is 0 Å². The average Bonchev–Trinajstić information content (AvgIpc) is 1.23. The molecule has 6 N–H and O–H groups in total. The van der Waals surface area contributed by atoms with E-state index < -0.39 is 0 Å². The van der Waals surface area contributed by atoms with Gasteiger partial charge in [-0.1, -0.05) is 308 Å². The molecule has 16 nitrogen and oxygen atoms in total. The Morgan fingerprint density at radius 3 is 0.547 bits per heavy atom. The number of allylic oxidation sites excluding steroid dienone is 2. The summed E-state index contributed by atoms with van der Waals surface area (Å²) in [7, 11) is 4.35. The summed E-state index contributed by atoms with van der Waals surface area (Å²) >= 11 is 0. The largest absolute Gasteiger partial charge is 0.379 e. The predicted octanol–water partition coefficient (Wildman–Crippen LogP) is 25.8. The van der Waals surface area contributed by atoms with E-state index in [0.717, 1.165) is 32.7 Å². The molecule has 16 heteroatoms. The van der Waals surface area contributed by atoms with Gasteiger partial charge in [-0.25, -0.2) is 9.97 Å². The van der Waals surface area contributed by atoms with Crippen molar-refractivity contribution in [3.05, 3.63) is 129 Å². The topological polar surface area (TPSA) is 178 Å².